The van der Waals surface area contributed by atoms with Gasteiger partial charge in [0.2, 0.25) is 0 Å². The van der Waals surface area contributed by atoms with E-state index in [2.05, 4.69) is 5.32 Å². The standard InChI is InChI=1S/C8H18N2O3S/c1-10(2)4-3-9-7-5-14(12,13)6-8(7)11/h7-9,11H,3-6H2,1-2H3/t7-,8-/m1/s1. The highest BCUT2D eigenvalue weighted by atomic mass is 32.2. The van der Waals surface area contributed by atoms with Crippen LogP contribution in [0.3, 0.4) is 0 Å². The lowest BCUT2D eigenvalue weighted by Crippen LogP contribution is -2.41. The molecule has 0 aromatic carbocycles. The maximum absolute atomic E-state index is 11.1. The van der Waals surface area contributed by atoms with Crippen molar-refractivity contribution in [2.75, 3.05) is 38.7 Å². The molecule has 0 aliphatic carbocycles. The van der Waals surface area contributed by atoms with Crippen molar-refractivity contribution in [3.8, 4) is 0 Å². The summed E-state index contributed by atoms with van der Waals surface area (Å²) in [4.78, 5) is 2.00. The third-order valence-corrected chi connectivity index (χ3v) is 4.00. The van der Waals surface area contributed by atoms with E-state index in [0.29, 0.717) is 6.54 Å². The zero-order valence-corrected chi connectivity index (χ0v) is 9.42. The highest BCUT2D eigenvalue weighted by Gasteiger charge is 2.35. The number of likely N-dealkylation sites (N-methyl/N-ethyl adjacent to an activating group) is 1. The first-order chi connectivity index (χ1) is 6.41. The van der Waals surface area contributed by atoms with Crippen LogP contribution in [0.4, 0.5) is 0 Å². The summed E-state index contributed by atoms with van der Waals surface area (Å²) in [5.74, 6) is -0.0474. The van der Waals surface area contributed by atoms with Crippen LogP contribution < -0.4 is 5.32 Å². The van der Waals surface area contributed by atoms with Gasteiger partial charge in [0.05, 0.1) is 17.6 Å². The van der Waals surface area contributed by atoms with Crippen LogP contribution in [0.5, 0.6) is 0 Å². The highest BCUT2D eigenvalue weighted by Crippen LogP contribution is 2.11. The summed E-state index contributed by atoms with van der Waals surface area (Å²) >= 11 is 0. The minimum Gasteiger partial charge on any atom is -0.390 e. The molecular weight excluding hydrogens is 204 g/mol. The summed E-state index contributed by atoms with van der Waals surface area (Å²) in [6, 6.07) is -0.292. The van der Waals surface area contributed by atoms with Crippen LogP contribution in [-0.2, 0) is 9.84 Å². The van der Waals surface area contributed by atoms with Crippen molar-refractivity contribution in [2.45, 2.75) is 12.1 Å². The van der Waals surface area contributed by atoms with Crippen LogP contribution in [-0.4, -0.2) is 69.3 Å². The molecule has 14 heavy (non-hydrogen) atoms. The first-order valence-corrected chi connectivity index (χ1v) is 6.49. The largest absolute Gasteiger partial charge is 0.390 e. The fourth-order valence-corrected chi connectivity index (χ4v) is 3.27. The normalized spacial score (nSPS) is 31.1. The molecule has 1 saturated heterocycles. The number of nitrogens with one attached hydrogen (secondary N) is 1. The quantitative estimate of drug-likeness (QED) is 0.593. The lowest BCUT2D eigenvalue weighted by atomic mass is 10.2. The second-order valence-electron chi connectivity index (χ2n) is 4.01. The molecule has 0 unspecified atom stereocenters. The van der Waals surface area contributed by atoms with Crippen LogP contribution in [0.15, 0.2) is 0 Å². The minimum absolute atomic E-state index is 0.0571. The Bertz CT molecular complexity index is 276. The molecule has 0 amide bonds. The molecule has 6 heteroatoms. The van der Waals surface area contributed by atoms with Gasteiger partial charge in [0.1, 0.15) is 0 Å². The molecule has 1 fully saturated rings. The Morgan fingerprint density at radius 1 is 1.43 bits per heavy atom. The minimum atomic E-state index is -3.02. The lowest BCUT2D eigenvalue weighted by molar-refractivity contribution is 0.164. The summed E-state index contributed by atoms with van der Waals surface area (Å²) in [5, 5.41) is 12.5. The third kappa shape index (κ3) is 3.53. The van der Waals surface area contributed by atoms with E-state index in [1.807, 2.05) is 19.0 Å². The number of hydrogen-bond acceptors (Lipinski definition) is 5. The molecule has 1 aliphatic rings. The Morgan fingerprint density at radius 3 is 2.50 bits per heavy atom. The van der Waals surface area contributed by atoms with Gasteiger partial charge in [-0.15, -0.1) is 0 Å². The maximum atomic E-state index is 11.1. The Hall–Kier alpha value is -0.170. The molecule has 0 aromatic heterocycles. The van der Waals surface area contributed by atoms with Crippen molar-refractivity contribution < 1.29 is 13.5 Å². The van der Waals surface area contributed by atoms with E-state index < -0.39 is 15.9 Å². The monoisotopic (exact) mass is 222 g/mol. The summed E-state index contributed by atoms with van der Waals surface area (Å²) in [6.45, 7) is 1.54. The van der Waals surface area contributed by atoms with E-state index in [0.717, 1.165) is 6.54 Å². The number of aliphatic hydroxyl groups is 1. The van der Waals surface area contributed by atoms with Gasteiger partial charge in [-0.25, -0.2) is 8.42 Å². The zero-order valence-electron chi connectivity index (χ0n) is 8.60. The van der Waals surface area contributed by atoms with Gasteiger partial charge in [-0.2, -0.15) is 0 Å². The SMILES string of the molecule is CN(C)CCN[C@@H]1CS(=O)(=O)C[C@H]1O. The second-order valence-corrected chi connectivity index (χ2v) is 6.16. The van der Waals surface area contributed by atoms with Crippen LogP contribution in [0.2, 0.25) is 0 Å². The Labute approximate surface area is 85.0 Å². The van der Waals surface area contributed by atoms with Crippen molar-refractivity contribution in [1.82, 2.24) is 10.2 Å². The smallest absolute Gasteiger partial charge is 0.154 e. The van der Waals surface area contributed by atoms with E-state index >= 15 is 0 Å². The molecular formula is C8H18N2O3S. The zero-order chi connectivity index (χ0) is 10.8. The molecule has 1 aliphatic heterocycles. The summed E-state index contributed by atoms with van der Waals surface area (Å²) < 4.78 is 22.3. The molecule has 0 spiro atoms. The molecule has 5 nitrogen and oxygen atoms in total. The van der Waals surface area contributed by atoms with E-state index in [1.165, 1.54) is 0 Å². The van der Waals surface area contributed by atoms with Crippen molar-refractivity contribution in [3.05, 3.63) is 0 Å². The van der Waals surface area contributed by atoms with Crippen molar-refractivity contribution in [2.24, 2.45) is 0 Å². The van der Waals surface area contributed by atoms with E-state index in [9.17, 15) is 13.5 Å². The van der Waals surface area contributed by atoms with Gasteiger partial charge in [-0.3, -0.25) is 0 Å². The van der Waals surface area contributed by atoms with Gasteiger partial charge in [0.25, 0.3) is 0 Å². The first kappa shape index (κ1) is 11.9. The second kappa shape index (κ2) is 4.57. The van der Waals surface area contributed by atoms with Gasteiger partial charge in [0, 0.05) is 19.1 Å². The summed E-state index contributed by atoms with van der Waals surface area (Å²) in [6.07, 6.45) is -0.748. The summed E-state index contributed by atoms with van der Waals surface area (Å²) in [5.41, 5.74) is 0. The van der Waals surface area contributed by atoms with Crippen molar-refractivity contribution >= 4 is 9.84 Å². The predicted molar refractivity (Wildman–Crippen MR) is 55.0 cm³/mol. The molecule has 2 N–H and O–H groups in total. The maximum Gasteiger partial charge on any atom is 0.154 e. The molecule has 0 aromatic rings. The van der Waals surface area contributed by atoms with Crippen molar-refractivity contribution in [3.63, 3.8) is 0 Å². The molecule has 0 saturated carbocycles. The first-order valence-electron chi connectivity index (χ1n) is 4.67. The molecule has 0 bridgehead atoms. The van der Waals surface area contributed by atoms with Crippen LogP contribution in [0.25, 0.3) is 0 Å². The number of hydrogen-bond donors (Lipinski definition) is 2. The Balaban J connectivity index is 2.33. The molecule has 0 radical (unpaired) electrons. The number of aliphatic hydroxyl groups excluding tert-OH is 1. The Morgan fingerprint density at radius 2 is 2.07 bits per heavy atom. The van der Waals surface area contributed by atoms with Crippen LogP contribution in [0, 0.1) is 0 Å². The predicted octanol–water partition coefficient (Wildman–Crippen LogP) is -1.70. The number of rotatable bonds is 4. The molecule has 1 heterocycles. The van der Waals surface area contributed by atoms with Crippen molar-refractivity contribution in [1.29, 1.82) is 0 Å². The summed E-state index contributed by atoms with van der Waals surface area (Å²) in [7, 11) is 0.874. The van der Waals surface area contributed by atoms with Crippen LogP contribution >= 0.6 is 0 Å². The van der Waals surface area contributed by atoms with Gasteiger partial charge in [0.15, 0.2) is 9.84 Å². The number of sulfone groups is 1. The molecule has 84 valence electrons. The molecule has 1 rings (SSSR count). The number of nitrogens with zero attached hydrogens (tertiary/aromatic N) is 1. The fourth-order valence-electron chi connectivity index (χ4n) is 1.50. The van der Waals surface area contributed by atoms with Crippen LogP contribution in [0.1, 0.15) is 0 Å². The van der Waals surface area contributed by atoms with Gasteiger partial charge in [-0.1, -0.05) is 0 Å². The highest BCUT2D eigenvalue weighted by molar-refractivity contribution is 7.91. The van der Waals surface area contributed by atoms with E-state index in [1.54, 1.807) is 0 Å². The topological polar surface area (TPSA) is 69.6 Å². The lowest BCUT2D eigenvalue weighted by Gasteiger charge is -2.16. The van der Waals surface area contributed by atoms with E-state index in [4.69, 9.17) is 0 Å². The third-order valence-electron chi connectivity index (χ3n) is 2.29. The average molecular weight is 222 g/mol. The van der Waals surface area contributed by atoms with Gasteiger partial charge < -0.3 is 15.3 Å². The van der Waals surface area contributed by atoms with Gasteiger partial charge in [-0.05, 0) is 14.1 Å². The molecule has 2 atom stereocenters. The van der Waals surface area contributed by atoms with E-state index in [-0.39, 0.29) is 17.5 Å². The average Bonchev–Trinajstić information content (AvgIpc) is 2.24. The fraction of sp³-hybridized carbons (Fsp3) is 1.00. The Kier molecular flexibility index (Phi) is 3.88. The van der Waals surface area contributed by atoms with Gasteiger partial charge >= 0.3 is 0 Å².